The van der Waals surface area contributed by atoms with Crippen molar-refractivity contribution in [2.75, 3.05) is 25.6 Å². The Bertz CT molecular complexity index is 156. The number of ether oxygens (including phenoxy) is 3. The zero-order valence-electron chi connectivity index (χ0n) is 9.65. The van der Waals surface area contributed by atoms with Gasteiger partial charge in [-0.1, -0.05) is 0 Å². The second-order valence-electron chi connectivity index (χ2n) is 4.06. The lowest BCUT2D eigenvalue weighted by molar-refractivity contribution is -0.108. The first-order valence-electron chi connectivity index (χ1n) is 5.68. The summed E-state index contributed by atoms with van der Waals surface area (Å²) in [6.45, 7) is 6.25. The lowest BCUT2D eigenvalue weighted by Crippen LogP contribution is -2.34. The molecule has 1 fully saturated rings. The molecule has 90 valence electrons. The maximum Gasteiger partial charge on any atom is 0.0704 e. The summed E-state index contributed by atoms with van der Waals surface area (Å²) in [5.41, 5.74) is 0. The Balaban J connectivity index is 2.04. The smallest absolute Gasteiger partial charge is 0.0704 e. The minimum Gasteiger partial charge on any atom is -0.378 e. The van der Waals surface area contributed by atoms with Crippen molar-refractivity contribution in [3.05, 3.63) is 0 Å². The summed E-state index contributed by atoms with van der Waals surface area (Å²) >= 11 is 4.07. The van der Waals surface area contributed by atoms with Gasteiger partial charge in [-0.2, -0.15) is 12.6 Å². The van der Waals surface area contributed by atoms with E-state index in [9.17, 15) is 0 Å². The summed E-state index contributed by atoms with van der Waals surface area (Å²) in [6, 6.07) is 0. The normalized spacial score (nSPS) is 31.8. The lowest BCUT2D eigenvalue weighted by atomic mass is 10.0. The molecule has 0 saturated carbocycles. The van der Waals surface area contributed by atoms with E-state index < -0.39 is 0 Å². The number of rotatable bonds is 6. The van der Waals surface area contributed by atoms with Crippen molar-refractivity contribution in [1.29, 1.82) is 0 Å². The van der Waals surface area contributed by atoms with E-state index in [0.717, 1.165) is 18.6 Å². The van der Waals surface area contributed by atoms with Crippen LogP contribution in [0.2, 0.25) is 0 Å². The van der Waals surface area contributed by atoms with Gasteiger partial charge in [0.2, 0.25) is 0 Å². The third-order valence-electron chi connectivity index (χ3n) is 2.47. The SMILES string of the molecule is CC1CC(OCCOCCS)CC(C)O1. The Labute approximate surface area is 97.9 Å². The van der Waals surface area contributed by atoms with Gasteiger partial charge in [0.15, 0.2) is 0 Å². The molecule has 0 bridgehead atoms. The van der Waals surface area contributed by atoms with E-state index in [1.54, 1.807) is 0 Å². The van der Waals surface area contributed by atoms with Crippen LogP contribution in [0, 0.1) is 0 Å². The zero-order valence-corrected chi connectivity index (χ0v) is 10.5. The molecule has 1 saturated heterocycles. The molecular formula is C11H22O3S. The number of hydrogen-bond donors (Lipinski definition) is 1. The summed E-state index contributed by atoms with van der Waals surface area (Å²) in [5, 5.41) is 0. The average Bonchev–Trinajstić information content (AvgIpc) is 2.16. The largest absolute Gasteiger partial charge is 0.378 e. The molecule has 0 amide bonds. The van der Waals surface area contributed by atoms with Gasteiger partial charge in [-0.25, -0.2) is 0 Å². The highest BCUT2D eigenvalue weighted by molar-refractivity contribution is 7.80. The van der Waals surface area contributed by atoms with Crippen LogP contribution in [0.4, 0.5) is 0 Å². The van der Waals surface area contributed by atoms with Crippen LogP contribution in [0.1, 0.15) is 26.7 Å². The zero-order chi connectivity index (χ0) is 11.1. The Morgan fingerprint density at radius 1 is 1.13 bits per heavy atom. The predicted octanol–water partition coefficient (Wildman–Crippen LogP) is 1.91. The van der Waals surface area contributed by atoms with Gasteiger partial charge < -0.3 is 14.2 Å². The van der Waals surface area contributed by atoms with Crippen LogP contribution in [0.5, 0.6) is 0 Å². The minimum atomic E-state index is 0.317. The highest BCUT2D eigenvalue weighted by atomic mass is 32.1. The molecule has 1 aliphatic heterocycles. The summed E-state index contributed by atoms with van der Waals surface area (Å²) in [4.78, 5) is 0. The second-order valence-corrected chi connectivity index (χ2v) is 4.50. The molecule has 0 aromatic carbocycles. The maximum absolute atomic E-state index is 5.74. The van der Waals surface area contributed by atoms with Crippen LogP contribution in [0.15, 0.2) is 0 Å². The van der Waals surface area contributed by atoms with E-state index in [1.165, 1.54) is 0 Å². The predicted molar refractivity (Wildman–Crippen MR) is 63.7 cm³/mol. The maximum atomic E-state index is 5.74. The fraction of sp³-hybridized carbons (Fsp3) is 1.00. The molecule has 1 rings (SSSR count). The Hall–Kier alpha value is 0.230. The quantitative estimate of drug-likeness (QED) is 0.562. The Kier molecular flexibility index (Phi) is 6.64. The van der Waals surface area contributed by atoms with Gasteiger partial charge in [0.05, 0.1) is 38.1 Å². The first-order valence-corrected chi connectivity index (χ1v) is 6.31. The first kappa shape index (κ1) is 13.3. The minimum absolute atomic E-state index is 0.317. The van der Waals surface area contributed by atoms with E-state index in [2.05, 4.69) is 26.5 Å². The van der Waals surface area contributed by atoms with Crippen LogP contribution < -0.4 is 0 Å². The average molecular weight is 234 g/mol. The van der Waals surface area contributed by atoms with Crippen molar-refractivity contribution in [3.8, 4) is 0 Å². The van der Waals surface area contributed by atoms with Crippen molar-refractivity contribution in [1.82, 2.24) is 0 Å². The van der Waals surface area contributed by atoms with E-state index >= 15 is 0 Å². The first-order chi connectivity index (χ1) is 7.22. The topological polar surface area (TPSA) is 27.7 Å². The van der Waals surface area contributed by atoms with Gasteiger partial charge in [-0.05, 0) is 26.7 Å². The van der Waals surface area contributed by atoms with Gasteiger partial charge in [-0.15, -0.1) is 0 Å². The Morgan fingerprint density at radius 2 is 1.80 bits per heavy atom. The summed E-state index contributed by atoms with van der Waals surface area (Å²) in [5.74, 6) is 0.769. The van der Waals surface area contributed by atoms with E-state index in [-0.39, 0.29) is 0 Å². The van der Waals surface area contributed by atoms with Gasteiger partial charge in [0.25, 0.3) is 0 Å². The van der Waals surface area contributed by atoms with Gasteiger partial charge >= 0.3 is 0 Å². The van der Waals surface area contributed by atoms with Gasteiger partial charge in [0, 0.05) is 5.75 Å². The molecular weight excluding hydrogens is 212 g/mol. The molecule has 2 unspecified atom stereocenters. The molecule has 1 heterocycles. The van der Waals surface area contributed by atoms with E-state index in [1.807, 2.05) is 0 Å². The second kappa shape index (κ2) is 7.49. The van der Waals surface area contributed by atoms with Crippen molar-refractivity contribution in [3.63, 3.8) is 0 Å². The third kappa shape index (κ3) is 5.76. The van der Waals surface area contributed by atoms with Gasteiger partial charge in [-0.3, -0.25) is 0 Å². The summed E-state index contributed by atoms with van der Waals surface area (Å²) in [7, 11) is 0. The van der Waals surface area contributed by atoms with Crippen LogP contribution in [0.25, 0.3) is 0 Å². The highest BCUT2D eigenvalue weighted by Crippen LogP contribution is 2.21. The fourth-order valence-corrected chi connectivity index (χ4v) is 2.05. The van der Waals surface area contributed by atoms with Crippen LogP contribution in [0.3, 0.4) is 0 Å². The standard InChI is InChI=1S/C11H22O3S/c1-9-7-11(8-10(2)14-9)13-4-3-12-5-6-15/h9-11,15H,3-8H2,1-2H3. The van der Waals surface area contributed by atoms with Crippen LogP contribution in [-0.4, -0.2) is 43.9 Å². The fourth-order valence-electron chi connectivity index (χ4n) is 1.92. The van der Waals surface area contributed by atoms with Crippen LogP contribution >= 0.6 is 12.6 Å². The highest BCUT2D eigenvalue weighted by Gasteiger charge is 2.24. The molecule has 0 aromatic rings. The molecule has 0 N–H and O–H groups in total. The summed E-state index contributed by atoms with van der Waals surface area (Å²) in [6.07, 6.45) is 2.96. The van der Waals surface area contributed by atoms with Gasteiger partial charge in [0.1, 0.15) is 0 Å². The molecule has 0 spiro atoms. The van der Waals surface area contributed by atoms with Crippen molar-refractivity contribution in [2.24, 2.45) is 0 Å². The molecule has 4 heteroatoms. The molecule has 15 heavy (non-hydrogen) atoms. The lowest BCUT2D eigenvalue weighted by Gasteiger charge is -2.31. The third-order valence-corrected chi connectivity index (χ3v) is 2.65. The Morgan fingerprint density at radius 3 is 2.40 bits per heavy atom. The van der Waals surface area contributed by atoms with Crippen molar-refractivity contribution >= 4 is 12.6 Å². The van der Waals surface area contributed by atoms with Crippen molar-refractivity contribution < 1.29 is 14.2 Å². The van der Waals surface area contributed by atoms with E-state index in [4.69, 9.17) is 14.2 Å². The number of thiol groups is 1. The molecule has 1 aliphatic rings. The monoisotopic (exact) mass is 234 g/mol. The molecule has 2 atom stereocenters. The van der Waals surface area contributed by atoms with E-state index in [0.29, 0.717) is 38.1 Å². The molecule has 0 aromatic heterocycles. The molecule has 0 radical (unpaired) electrons. The van der Waals surface area contributed by atoms with Crippen LogP contribution in [-0.2, 0) is 14.2 Å². The number of hydrogen-bond acceptors (Lipinski definition) is 4. The molecule has 3 nitrogen and oxygen atoms in total. The molecule has 0 aliphatic carbocycles. The van der Waals surface area contributed by atoms with Crippen molar-refractivity contribution in [2.45, 2.75) is 45.0 Å². The summed E-state index contributed by atoms with van der Waals surface area (Å²) < 4.78 is 16.7.